The highest BCUT2D eigenvalue weighted by molar-refractivity contribution is 5.76. The molecule has 0 saturated heterocycles. The van der Waals surface area contributed by atoms with E-state index in [-0.39, 0.29) is 12.0 Å². The van der Waals surface area contributed by atoms with Gasteiger partial charge >= 0.3 is 0 Å². The molecule has 0 aromatic heterocycles. The van der Waals surface area contributed by atoms with Crippen LogP contribution < -0.4 is 5.32 Å². The number of nitrogens with one attached hydrogen (secondary N) is 1. The lowest BCUT2D eigenvalue weighted by molar-refractivity contribution is -0.126. The molecular weight excluding hydrogens is 254 g/mol. The van der Waals surface area contributed by atoms with Crippen LogP contribution in [0.2, 0.25) is 0 Å². The smallest absolute Gasteiger partial charge is 0.223 e. The Kier molecular flexibility index (Phi) is 3.76. The highest BCUT2D eigenvalue weighted by Crippen LogP contribution is 2.31. The molecule has 1 aliphatic heterocycles. The fourth-order valence-corrected chi connectivity index (χ4v) is 2.91. The molecule has 1 saturated carbocycles. The Morgan fingerprint density at radius 1 is 1.40 bits per heavy atom. The van der Waals surface area contributed by atoms with E-state index < -0.39 is 5.60 Å². The summed E-state index contributed by atoms with van der Waals surface area (Å²) in [5, 5.41) is 12.8. The molecule has 2 aliphatic rings. The van der Waals surface area contributed by atoms with E-state index in [1.54, 1.807) is 0 Å². The maximum Gasteiger partial charge on any atom is 0.223 e. The molecule has 0 radical (unpaired) electrons. The van der Waals surface area contributed by atoms with E-state index in [0.717, 1.165) is 31.2 Å². The minimum Gasteiger partial charge on any atom is -0.388 e. The molecule has 0 spiro atoms. The van der Waals surface area contributed by atoms with Gasteiger partial charge in [-0.2, -0.15) is 0 Å². The summed E-state index contributed by atoms with van der Waals surface area (Å²) in [6.07, 6.45) is 3.70. The fourth-order valence-electron chi connectivity index (χ4n) is 2.91. The molecule has 1 aromatic rings. The van der Waals surface area contributed by atoms with Crippen molar-refractivity contribution in [2.75, 3.05) is 13.2 Å². The van der Waals surface area contributed by atoms with E-state index in [2.05, 4.69) is 11.4 Å². The summed E-state index contributed by atoms with van der Waals surface area (Å²) in [4.78, 5) is 12.0. The molecule has 1 heterocycles. The quantitative estimate of drug-likeness (QED) is 0.879. The first-order chi connectivity index (χ1) is 9.66. The van der Waals surface area contributed by atoms with E-state index in [1.807, 2.05) is 18.2 Å². The van der Waals surface area contributed by atoms with Crippen molar-refractivity contribution >= 4 is 5.91 Å². The Morgan fingerprint density at radius 2 is 2.20 bits per heavy atom. The summed E-state index contributed by atoms with van der Waals surface area (Å²) >= 11 is 0. The van der Waals surface area contributed by atoms with Gasteiger partial charge in [0.2, 0.25) is 5.91 Å². The van der Waals surface area contributed by atoms with Crippen LogP contribution in [0.3, 0.4) is 0 Å². The van der Waals surface area contributed by atoms with Gasteiger partial charge in [-0.3, -0.25) is 4.79 Å². The van der Waals surface area contributed by atoms with Gasteiger partial charge < -0.3 is 15.2 Å². The van der Waals surface area contributed by atoms with Gasteiger partial charge in [0, 0.05) is 6.54 Å². The van der Waals surface area contributed by atoms with Crippen LogP contribution in [-0.4, -0.2) is 29.8 Å². The van der Waals surface area contributed by atoms with Gasteiger partial charge in [0.05, 0.1) is 24.7 Å². The highest BCUT2D eigenvalue weighted by atomic mass is 16.5. The summed E-state index contributed by atoms with van der Waals surface area (Å²) in [6.45, 7) is 1.03. The highest BCUT2D eigenvalue weighted by Gasteiger charge is 2.34. The molecule has 1 aliphatic carbocycles. The molecule has 2 N–H and O–H groups in total. The molecule has 1 aromatic carbocycles. The topological polar surface area (TPSA) is 58.6 Å². The first kappa shape index (κ1) is 13.6. The number of rotatable bonds is 4. The SMILES string of the molecule is O=C(CC1OCCc2ccccc21)NCC1(O)CCC1. The standard InChI is InChI=1S/C16H21NO3/c18-15(17-11-16(19)7-3-8-16)10-14-13-5-2-1-4-12(13)6-9-20-14/h1-2,4-5,14,19H,3,6-11H2,(H,17,18). The zero-order valence-electron chi connectivity index (χ0n) is 11.6. The lowest BCUT2D eigenvalue weighted by atomic mass is 9.80. The monoisotopic (exact) mass is 275 g/mol. The van der Waals surface area contributed by atoms with E-state index in [0.29, 0.717) is 19.6 Å². The van der Waals surface area contributed by atoms with Crippen LogP contribution in [0, 0.1) is 0 Å². The number of ether oxygens (including phenoxy) is 1. The van der Waals surface area contributed by atoms with Crippen LogP contribution in [0.4, 0.5) is 0 Å². The largest absolute Gasteiger partial charge is 0.388 e. The number of aliphatic hydroxyl groups is 1. The van der Waals surface area contributed by atoms with E-state index in [1.165, 1.54) is 5.56 Å². The van der Waals surface area contributed by atoms with E-state index >= 15 is 0 Å². The van der Waals surface area contributed by atoms with Crippen molar-refractivity contribution in [2.45, 2.75) is 43.8 Å². The van der Waals surface area contributed by atoms with E-state index in [4.69, 9.17) is 4.74 Å². The Morgan fingerprint density at radius 3 is 2.95 bits per heavy atom. The second-order valence-electron chi connectivity index (χ2n) is 5.87. The minimum atomic E-state index is -0.666. The molecule has 1 amide bonds. The second-order valence-corrected chi connectivity index (χ2v) is 5.87. The third-order valence-corrected chi connectivity index (χ3v) is 4.36. The van der Waals surface area contributed by atoms with Gasteiger partial charge in [0.15, 0.2) is 0 Å². The van der Waals surface area contributed by atoms with Crippen molar-refractivity contribution < 1.29 is 14.6 Å². The second kappa shape index (κ2) is 5.54. The molecule has 4 heteroatoms. The fraction of sp³-hybridized carbons (Fsp3) is 0.562. The van der Waals surface area contributed by atoms with Crippen LogP contribution in [0.25, 0.3) is 0 Å². The lowest BCUT2D eigenvalue weighted by Crippen LogP contribution is -2.48. The molecule has 108 valence electrons. The first-order valence-electron chi connectivity index (χ1n) is 7.35. The summed E-state index contributed by atoms with van der Waals surface area (Å²) in [5.41, 5.74) is 1.73. The third-order valence-electron chi connectivity index (χ3n) is 4.36. The van der Waals surface area contributed by atoms with Crippen molar-refractivity contribution in [3.05, 3.63) is 35.4 Å². The van der Waals surface area contributed by atoms with Gasteiger partial charge in [0.25, 0.3) is 0 Å². The average Bonchev–Trinajstić information content (AvgIpc) is 2.43. The Labute approximate surface area is 119 Å². The van der Waals surface area contributed by atoms with Crippen molar-refractivity contribution in [3.63, 3.8) is 0 Å². The van der Waals surface area contributed by atoms with E-state index in [9.17, 15) is 9.90 Å². The molecule has 0 bridgehead atoms. The summed E-state index contributed by atoms with van der Waals surface area (Å²) in [7, 11) is 0. The van der Waals surface area contributed by atoms with Gasteiger partial charge in [-0.1, -0.05) is 24.3 Å². The predicted octanol–water partition coefficient (Wildman–Crippen LogP) is 1.72. The summed E-state index contributed by atoms with van der Waals surface area (Å²) in [5.74, 6) is -0.0490. The van der Waals surface area contributed by atoms with Gasteiger partial charge in [-0.05, 0) is 36.8 Å². The number of carbonyl (C=O) groups excluding carboxylic acids is 1. The number of carbonyl (C=O) groups is 1. The minimum absolute atomic E-state index is 0.0490. The van der Waals surface area contributed by atoms with Crippen LogP contribution in [0.5, 0.6) is 0 Å². The van der Waals surface area contributed by atoms with Crippen molar-refractivity contribution in [1.82, 2.24) is 5.32 Å². The van der Waals surface area contributed by atoms with Gasteiger partial charge in [0.1, 0.15) is 0 Å². The lowest BCUT2D eigenvalue weighted by Gasteiger charge is -2.36. The Bertz CT molecular complexity index is 496. The first-order valence-corrected chi connectivity index (χ1v) is 7.35. The zero-order chi connectivity index (χ0) is 14.0. The van der Waals surface area contributed by atoms with Crippen LogP contribution in [0.15, 0.2) is 24.3 Å². The molecule has 1 unspecified atom stereocenters. The Balaban J connectivity index is 1.57. The number of hydrogen-bond donors (Lipinski definition) is 2. The molecule has 20 heavy (non-hydrogen) atoms. The average molecular weight is 275 g/mol. The van der Waals surface area contributed by atoms with Crippen molar-refractivity contribution in [1.29, 1.82) is 0 Å². The Hall–Kier alpha value is -1.39. The summed E-state index contributed by atoms with van der Waals surface area (Å²) in [6, 6.07) is 8.13. The van der Waals surface area contributed by atoms with Crippen LogP contribution in [0.1, 0.15) is 42.9 Å². The van der Waals surface area contributed by atoms with Gasteiger partial charge in [-0.25, -0.2) is 0 Å². The third kappa shape index (κ3) is 2.86. The number of hydrogen-bond acceptors (Lipinski definition) is 3. The maximum absolute atomic E-state index is 12.0. The predicted molar refractivity (Wildman–Crippen MR) is 75.3 cm³/mol. The summed E-state index contributed by atoms with van der Waals surface area (Å²) < 4.78 is 5.72. The zero-order valence-corrected chi connectivity index (χ0v) is 11.6. The molecular formula is C16H21NO3. The van der Waals surface area contributed by atoms with Crippen molar-refractivity contribution in [3.8, 4) is 0 Å². The number of fused-ring (bicyclic) bond motifs is 1. The molecule has 4 nitrogen and oxygen atoms in total. The number of benzene rings is 1. The number of amides is 1. The van der Waals surface area contributed by atoms with Crippen molar-refractivity contribution in [2.24, 2.45) is 0 Å². The maximum atomic E-state index is 12.0. The van der Waals surface area contributed by atoms with Gasteiger partial charge in [-0.15, -0.1) is 0 Å². The normalized spacial score (nSPS) is 23.6. The molecule has 1 fully saturated rings. The van der Waals surface area contributed by atoms with Crippen LogP contribution >= 0.6 is 0 Å². The molecule has 3 rings (SSSR count). The van der Waals surface area contributed by atoms with Crippen LogP contribution in [-0.2, 0) is 16.0 Å². The molecule has 1 atom stereocenters.